The molecule has 1 unspecified atom stereocenters. The van der Waals surface area contributed by atoms with E-state index in [-0.39, 0.29) is 11.9 Å². The highest BCUT2D eigenvalue weighted by Crippen LogP contribution is 2.23. The molecule has 0 fully saturated rings. The van der Waals surface area contributed by atoms with Gasteiger partial charge in [-0.25, -0.2) is 4.39 Å². The van der Waals surface area contributed by atoms with Crippen LogP contribution in [0.4, 0.5) is 4.39 Å². The normalized spacial score (nSPS) is 13.1. The number of hydrogen-bond acceptors (Lipinski definition) is 2. The zero-order valence-corrected chi connectivity index (χ0v) is 12.0. The minimum atomic E-state index is -0.232. The summed E-state index contributed by atoms with van der Waals surface area (Å²) in [6.07, 6.45) is 2.28. The van der Waals surface area contributed by atoms with Crippen LogP contribution in [0, 0.1) is 5.82 Å². The predicted octanol–water partition coefficient (Wildman–Crippen LogP) is 3.32. The van der Waals surface area contributed by atoms with Crippen molar-refractivity contribution in [3.05, 3.63) is 34.1 Å². The monoisotopic (exact) mass is 302 g/mol. The molecule has 2 nitrogen and oxygen atoms in total. The van der Waals surface area contributed by atoms with Crippen LogP contribution in [0.25, 0.3) is 0 Å². The number of rotatable bonds is 6. The molecule has 0 amide bonds. The summed E-state index contributed by atoms with van der Waals surface area (Å²) in [6.45, 7) is 3.64. The molecule has 0 saturated carbocycles. The first-order valence-corrected chi connectivity index (χ1v) is 6.74. The van der Waals surface area contributed by atoms with E-state index < -0.39 is 0 Å². The molecule has 1 rings (SSSR count). The van der Waals surface area contributed by atoms with Gasteiger partial charge in [-0.05, 0) is 53.6 Å². The van der Waals surface area contributed by atoms with Gasteiger partial charge in [0, 0.05) is 12.6 Å². The van der Waals surface area contributed by atoms with Crippen molar-refractivity contribution in [1.82, 2.24) is 4.90 Å². The van der Waals surface area contributed by atoms with E-state index in [0.717, 1.165) is 24.9 Å². The molecule has 0 aliphatic heterocycles. The summed E-state index contributed by atoms with van der Waals surface area (Å²) in [5.41, 5.74) is 6.73. The van der Waals surface area contributed by atoms with Gasteiger partial charge >= 0.3 is 0 Å². The topological polar surface area (TPSA) is 29.3 Å². The second-order valence-electron chi connectivity index (χ2n) is 4.26. The Morgan fingerprint density at radius 3 is 2.71 bits per heavy atom. The zero-order chi connectivity index (χ0) is 12.8. The summed E-state index contributed by atoms with van der Waals surface area (Å²) in [6, 6.07) is 5.31. The zero-order valence-electron chi connectivity index (χ0n) is 10.4. The highest BCUT2D eigenvalue weighted by atomic mass is 79.9. The molecular weight excluding hydrogens is 283 g/mol. The van der Waals surface area contributed by atoms with E-state index in [2.05, 4.69) is 27.8 Å². The number of hydrogen-bond donors (Lipinski definition) is 1. The summed E-state index contributed by atoms with van der Waals surface area (Å²) < 4.78 is 14.0. The first-order valence-electron chi connectivity index (χ1n) is 5.95. The Labute approximate surface area is 111 Å². The van der Waals surface area contributed by atoms with Crippen molar-refractivity contribution in [3.63, 3.8) is 0 Å². The van der Waals surface area contributed by atoms with Gasteiger partial charge in [0.05, 0.1) is 4.47 Å². The Hall–Kier alpha value is -0.450. The van der Waals surface area contributed by atoms with Crippen LogP contribution in [-0.4, -0.2) is 25.0 Å². The van der Waals surface area contributed by atoms with Crippen LogP contribution in [0.1, 0.15) is 31.4 Å². The third kappa shape index (κ3) is 4.05. The third-order valence-corrected chi connectivity index (χ3v) is 3.59. The summed E-state index contributed by atoms with van der Waals surface area (Å²) in [5.74, 6) is -0.232. The fourth-order valence-corrected chi connectivity index (χ4v) is 2.10. The van der Waals surface area contributed by atoms with Crippen molar-refractivity contribution in [2.24, 2.45) is 5.73 Å². The molecule has 1 atom stereocenters. The molecule has 96 valence electrons. The van der Waals surface area contributed by atoms with Crippen molar-refractivity contribution in [1.29, 1.82) is 0 Å². The average molecular weight is 303 g/mol. The molecule has 1 aromatic carbocycles. The SMILES string of the molecule is CCCCN(C)C(CN)c1ccc(Br)c(F)c1. The van der Waals surface area contributed by atoms with E-state index in [1.54, 1.807) is 12.1 Å². The first kappa shape index (κ1) is 14.6. The van der Waals surface area contributed by atoms with Crippen LogP contribution in [0.15, 0.2) is 22.7 Å². The largest absolute Gasteiger partial charge is 0.329 e. The smallest absolute Gasteiger partial charge is 0.137 e. The van der Waals surface area contributed by atoms with Crippen molar-refractivity contribution in [3.8, 4) is 0 Å². The first-order chi connectivity index (χ1) is 8.10. The Kier molecular flexibility index (Phi) is 6.09. The summed E-state index contributed by atoms with van der Waals surface area (Å²) in [7, 11) is 2.03. The maximum Gasteiger partial charge on any atom is 0.137 e. The van der Waals surface area contributed by atoms with Gasteiger partial charge < -0.3 is 5.73 Å². The van der Waals surface area contributed by atoms with E-state index in [0.29, 0.717) is 11.0 Å². The number of unbranched alkanes of at least 4 members (excludes halogenated alkanes) is 1. The maximum atomic E-state index is 13.5. The quantitative estimate of drug-likeness (QED) is 0.873. The predicted molar refractivity (Wildman–Crippen MR) is 73.4 cm³/mol. The van der Waals surface area contributed by atoms with E-state index >= 15 is 0 Å². The summed E-state index contributed by atoms with van der Waals surface area (Å²) >= 11 is 3.16. The number of halogens is 2. The average Bonchev–Trinajstić information content (AvgIpc) is 2.32. The lowest BCUT2D eigenvalue weighted by molar-refractivity contribution is 0.246. The lowest BCUT2D eigenvalue weighted by Crippen LogP contribution is -2.31. The molecule has 4 heteroatoms. The van der Waals surface area contributed by atoms with Crippen molar-refractivity contribution in [2.45, 2.75) is 25.8 Å². The molecule has 0 aliphatic rings. The van der Waals surface area contributed by atoms with Crippen LogP contribution in [0.5, 0.6) is 0 Å². The molecule has 0 spiro atoms. The Morgan fingerprint density at radius 2 is 2.18 bits per heavy atom. The van der Waals surface area contributed by atoms with Crippen LogP contribution in [0.2, 0.25) is 0 Å². The van der Waals surface area contributed by atoms with Crippen molar-refractivity contribution in [2.75, 3.05) is 20.1 Å². The molecule has 2 N–H and O–H groups in total. The molecular formula is C13H20BrFN2. The van der Waals surface area contributed by atoms with Gasteiger partial charge in [0.25, 0.3) is 0 Å². The number of benzene rings is 1. The minimum Gasteiger partial charge on any atom is -0.329 e. The molecule has 0 heterocycles. The number of nitrogens with two attached hydrogens (primary N) is 1. The second-order valence-corrected chi connectivity index (χ2v) is 5.11. The fraction of sp³-hybridized carbons (Fsp3) is 0.538. The van der Waals surface area contributed by atoms with Gasteiger partial charge in [0.15, 0.2) is 0 Å². The van der Waals surface area contributed by atoms with E-state index in [1.807, 2.05) is 13.1 Å². The Bertz CT molecular complexity index is 357. The molecule has 0 saturated heterocycles. The van der Waals surface area contributed by atoms with Gasteiger partial charge in [-0.15, -0.1) is 0 Å². The fourth-order valence-electron chi connectivity index (χ4n) is 1.85. The van der Waals surface area contributed by atoms with Gasteiger partial charge in [-0.3, -0.25) is 4.90 Å². The summed E-state index contributed by atoms with van der Waals surface area (Å²) in [4.78, 5) is 2.19. The van der Waals surface area contributed by atoms with E-state index in [4.69, 9.17) is 5.73 Å². The van der Waals surface area contributed by atoms with E-state index in [1.165, 1.54) is 0 Å². The maximum absolute atomic E-state index is 13.5. The van der Waals surface area contributed by atoms with Gasteiger partial charge in [-0.2, -0.15) is 0 Å². The van der Waals surface area contributed by atoms with Gasteiger partial charge in [-0.1, -0.05) is 19.4 Å². The standard InChI is InChI=1S/C13H20BrFN2/c1-3-4-7-17(2)13(9-16)10-5-6-11(14)12(15)8-10/h5-6,8,13H,3-4,7,9,16H2,1-2H3. The highest BCUT2D eigenvalue weighted by molar-refractivity contribution is 9.10. The Balaban J connectivity index is 2.81. The lowest BCUT2D eigenvalue weighted by Gasteiger charge is -2.27. The Morgan fingerprint density at radius 1 is 1.47 bits per heavy atom. The second kappa shape index (κ2) is 7.09. The molecule has 0 aromatic heterocycles. The number of likely N-dealkylation sites (N-methyl/N-ethyl adjacent to an activating group) is 1. The van der Waals surface area contributed by atoms with Crippen LogP contribution >= 0.6 is 15.9 Å². The molecule has 0 aliphatic carbocycles. The van der Waals surface area contributed by atoms with Gasteiger partial charge in [0.2, 0.25) is 0 Å². The minimum absolute atomic E-state index is 0.0872. The van der Waals surface area contributed by atoms with Crippen LogP contribution in [0.3, 0.4) is 0 Å². The molecule has 17 heavy (non-hydrogen) atoms. The van der Waals surface area contributed by atoms with Gasteiger partial charge in [0.1, 0.15) is 5.82 Å². The molecule has 0 bridgehead atoms. The van der Waals surface area contributed by atoms with Crippen molar-refractivity contribution >= 4 is 15.9 Å². The van der Waals surface area contributed by atoms with Crippen LogP contribution in [-0.2, 0) is 0 Å². The highest BCUT2D eigenvalue weighted by Gasteiger charge is 2.16. The number of nitrogens with zero attached hydrogens (tertiary/aromatic N) is 1. The summed E-state index contributed by atoms with van der Waals surface area (Å²) in [5, 5.41) is 0. The van der Waals surface area contributed by atoms with Crippen molar-refractivity contribution < 1.29 is 4.39 Å². The van der Waals surface area contributed by atoms with E-state index in [9.17, 15) is 4.39 Å². The third-order valence-electron chi connectivity index (χ3n) is 2.95. The molecule has 1 aromatic rings. The lowest BCUT2D eigenvalue weighted by atomic mass is 10.1. The van der Waals surface area contributed by atoms with Crippen LogP contribution < -0.4 is 5.73 Å². The molecule has 0 radical (unpaired) electrons.